The normalized spacial score (nSPS) is 10.6. The second-order valence-electron chi connectivity index (χ2n) is 6.07. The molecule has 2 heterocycles. The molecule has 0 aliphatic heterocycles. The minimum absolute atomic E-state index is 0.0272. The van der Waals surface area contributed by atoms with Gasteiger partial charge in [0.25, 0.3) is 0 Å². The van der Waals surface area contributed by atoms with E-state index >= 15 is 0 Å². The van der Waals surface area contributed by atoms with Crippen LogP contribution < -0.4 is 0 Å². The Morgan fingerprint density at radius 1 is 1.25 bits per heavy atom. The van der Waals surface area contributed by atoms with Crippen LogP contribution in [0.4, 0.5) is 0 Å². The maximum atomic E-state index is 12.6. The zero-order valence-corrected chi connectivity index (χ0v) is 17.9. The van der Waals surface area contributed by atoms with E-state index in [-0.39, 0.29) is 11.7 Å². The monoisotopic (exact) mass is 457 g/mol. The van der Waals surface area contributed by atoms with Crippen molar-refractivity contribution in [2.24, 2.45) is 0 Å². The number of hydrogen-bond acceptors (Lipinski definition) is 5. The first-order valence-electron chi connectivity index (χ1n) is 8.64. The van der Waals surface area contributed by atoms with Crippen molar-refractivity contribution in [3.63, 3.8) is 0 Å². The number of nitrogens with zero attached hydrogens (tertiary/aromatic N) is 5. The molecular formula is C20H20BrN5OS. The van der Waals surface area contributed by atoms with Gasteiger partial charge in [-0.2, -0.15) is 0 Å². The molecule has 8 heteroatoms. The highest BCUT2D eigenvalue weighted by molar-refractivity contribution is 9.10. The molecule has 28 heavy (non-hydrogen) atoms. The van der Waals surface area contributed by atoms with Crippen molar-refractivity contribution in [2.45, 2.75) is 18.2 Å². The van der Waals surface area contributed by atoms with Crippen molar-refractivity contribution in [1.82, 2.24) is 24.6 Å². The minimum atomic E-state index is 0.0272. The number of thioether (sulfide) groups is 1. The molecule has 0 saturated heterocycles. The van der Waals surface area contributed by atoms with Gasteiger partial charge in [0.05, 0.1) is 5.75 Å². The third-order valence-electron chi connectivity index (χ3n) is 4.08. The number of carbonyl (C=O) groups is 1. The third-order valence-corrected chi connectivity index (χ3v) is 5.81. The average Bonchev–Trinajstić information content (AvgIpc) is 3.11. The van der Waals surface area contributed by atoms with Gasteiger partial charge in [0.15, 0.2) is 11.0 Å². The summed E-state index contributed by atoms with van der Waals surface area (Å²) in [6.45, 7) is 4.92. The molecule has 3 aromatic rings. The van der Waals surface area contributed by atoms with Crippen molar-refractivity contribution in [3.8, 4) is 11.4 Å². The summed E-state index contributed by atoms with van der Waals surface area (Å²) >= 11 is 4.90. The van der Waals surface area contributed by atoms with Crippen LogP contribution in [0.15, 0.2) is 71.1 Å². The molecule has 2 aromatic heterocycles. The second kappa shape index (κ2) is 9.66. The van der Waals surface area contributed by atoms with Crippen LogP contribution in [0.25, 0.3) is 11.4 Å². The summed E-state index contributed by atoms with van der Waals surface area (Å²) in [6.07, 6.45) is 5.23. The van der Waals surface area contributed by atoms with Gasteiger partial charge in [-0.3, -0.25) is 14.3 Å². The molecule has 144 valence electrons. The van der Waals surface area contributed by atoms with Crippen LogP contribution in [-0.2, 0) is 17.9 Å². The quantitative estimate of drug-likeness (QED) is 0.377. The first-order valence-corrected chi connectivity index (χ1v) is 10.4. The fourth-order valence-electron chi connectivity index (χ4n) is 2.61. The average molecular weight is 458 g/mol. The summed E-state index contributed by atoms with van der Waals surface area (Å²) < 4.78 is 2.95. The van der Waals surface area contributed by atoms with E-state index in [1.165, 1.54) is 11.8 Å². The number of halogens is 1. The second-order valence-corrected chi connectivity index (χ2v) is 7.87. The topological polar surface area (TPSA) is 63.9 Å². The molecule has 0 N–H and O–H groups in total. The van der Waals surface area contributed by atoms with Crippen LogP contribution in [0.5, 0.6) is 0 Å². The fraction of sp³-hybridized carbons (Fsp3) is 0.200. The van der Waals surface area contributed by atoms with Gasteiger partial charge in [-0.15, -0.1) is 16.8 Å². The molecule has 0 atom stereocenters. The summed E-state index contributed by atoms with van der Waals surface area (Å²) in [5.74, 6) is 1.05. The predicted octanol–water partition coefficient (Wildman–Crippen LogP) is 4.04. The van der Waals surface area contributed by atoms with Gasteiger partial charge < -0.3 is 4.90 Å². The Morgan fingerprint density at radius 3 is 2.71 bits per heavy atom. The Hall–Kier alpha value is -2.45. The van der Waals surface area contributed by atoms with Crippen molar-refractivity contribution >= 4 is 33.6 Å². The van der Waals surface area contributed by atoms with E-state index in [1.807, 2.05) is 41.0 Å². The molecular weight excluding hydrogens is 438 g/mol. The summed E-state index contributed by atoms with van der Waals surface area (Å²) in [4.78, 5) is 18.3. The standard InChI is InChI=1S/C20H20BrN5OS/c1-3-12-26-19(15-8-10-22-11-9-15)23-24-20(26)28-14-18(27)25(2)13-16-6-4-5-7-17(16)21/h3-11H,1,12-14H2,2H3. The highest BCUT2D eigenvalue weighted by Gasteiger charge is 2.17. The summed E-state index contributed by atoms with van der Waals surface area (Å²) in [5, 5.41) is 9.25. The molecule has 0 aliphatic carbocycles. The number of hydrogen-bond donors (Lipinski definition) is 0. The Balaban J connectivity index is 1.68. The molecule has 0 aliphatic rings. The molecule has 1 aromatic carbocycles. The minimum Gasteiger partial charge on any atom is -0.341 e. The molecule has 0 fully saturated rings. The van der Waals surface area contributed by atoms with Crippen molar-refractivity contribution < 1.29 is 4.79 Å². The van der Waals surface area contributed by atoms with Gasteiger partial charge in [-0.25, -0.2) is 0 Å². The zero-order valence-electron chi connectivity index (χ0n) is 15.5. The number of carbonyl (C=O) groups excluding carboxylic acids is 1. The molecule has 0 saturated carbocycles. The Morgan fingerprint density at radius 2 is 2.00 bits per heavy atom. The molecule has 0 bridgehead atoms. The van der Waals surface area contributed by atoms with Crippen LogP contribution in [0.1, 0.15) is 5.56 Å². The number of benzene rings is 1. The molecule has 0 unspecified atom stereocenters. The number of allylic oxidation sites excluding steroid dienone is 1. The van der Waals surface area contributed by atoms with E-state index in [4.69, 9.17) is 0 Å². The van der Waals surface area contributed by atoms with Crippen molar-refractivity contribution in [1.29, 1.82) is 0 Å². The molecule has 3 rings (SSSR count). The number of pyridine rings is 1. The number of amides is 1. The zero-order chi connectivity index (χ0) is 19.9. The van der Waals surface area contributed by atoms with E-state index < -0.39 is 0 Å². The van der Waals surface area contributed by atoms with Crippen LogP contribution in [0.3, 0.4) is 0 Å². The number of rotatable bonds is 8. The largest absolute Gasteiger partial charge is 0.341 e. The fourth-order valence-corrected chi connectivity index (χ4v) is 3.91. The van der Waals surface area contributed by atoms with E-state index in [0.717, 1.165) is 21.4 Å². The maximum Gasteiger partial charge on any atom is 0.233 e. The van der Waals surface area contributed by atoms with Gasteiger partial charge in [0, 0.05) is 42.6 Å². The van der Waals surface area contributed by atoms with Gasteiger partial charge >= 0.3 is 0 Å². The molecule has 0 radical (unpaired) electrons. The molecule has 0 spiro atoms. The Labute approximate surface area is 176 Å². The first-order chi connectivity index (χ1) is 13.6. The maximum absolute atomic E-state index is 12.6. The lowest BCUT2D eigenvalue weighted by Crippen LogP contribution is -2.28. The SMILES string of the molecule is C=CCn1c(SCC(=O)N(C)Cc2ccccc2Br)nnc1-c1ccncc1. The lowest BCUT2D eigenvalue weighted by atomic mass is 10.2. The van der Waals surface area contributed by atoms with E-state index in [1.54, 1.807) is 30.4 Å². The summed E-state index contributed by atoms with van der Waals surface area (Å²) in [7, 11) is 1.80. The summed E-state index contributed by atoms with van der Waals surface area (Å²) in [5.41, 5.74) is 1.99. The van der Waals surface area contributed by atoms with Crippen LogP contribution in [0.2, 0.25) is 0 Å². The van der Waals surface area contributed by atoms with Crippen molar-refractivity contribution in [2.75, 3.05) is 12.8 Å². The van der Waals surface area contributed by atoms with E-state index in [9.17, 15) is 4.79 Å². The third kappa shape index (κ3) is 4.88. The van der Waals surface area contributed by atoms with E-state index in [2.05, 4.69) is 37.7 Å². The first kappa shape index (κ1) is 20.3. The van der Waals surface area contributed by atoms with Crippen molar-refractivity contribution in [3.05, 3.63) is 71.5 Å². The Kier molecular flexibility index (Phi) is 7.00. The molecule has 6 nitrogen and oxygen atoms in total. The van der Waals surface area contributed by atoms with Crippen LogP contribution in [-0.4, -0.2) is 43.4 Å². The lowest BCUT2D eigenvalue weighted by molar-refractivity contribution is -0.127. The highest BCUT2D eigenvalue weighted by atomic mass is 79.9. The Bertz CT molecular complexity index is 960. The summed E-state index contributed by atoms with van der Waals surface area (Å²) in [6, 6.07) is 11.7. The highest BCUT2D eigenvalue weighted by Crippen LogP contribution is 2.24. The number of aromatic nitrogens is 4. The van der Waals surface area contributed by atoms with Gasteiger partial charge in [0.2, 0.25) is 5.91 Å². The van der Waals surface area contributed by atoms with Gasteiger partial charge in [0.1, 0.15) is 0 Å². The van der Waals surface area contributed by atoms with Crippen LogP contribution >= 0.6 is 27.7 Å². The predicted molar refractivity (Wildman–Crippen MR) is 115 cm³/mol. The van der Waals surface area contributed by atoms with E-state index in [0.29, 0.717) is 18.2 Å². The van der Waals surface area contributed by atoms with Gasteiger partial charge in [-0.05, 0) is 23.8 Å². The van der Waals surface area contributed by atoms with Gasteiger partial charge in [-0.1, -0.05) is 52.0 Å². The van der Waals surface area contributed by atoms with Crippen LogP contribution in [0, 0.1) is 0 Å². The smallest absolute Gasteiger partial charge is 0.233 e. The molecule has 1 amide bonds. The lowest BCUT2D eigenvalue weighted by Gasteiger charge is -2.18.